The van der Waals surface area contributed by atoms with E-state index >= 15 is 0 Å². The summed E-state index contributed by atoms with van der Waals surface area (Å²) < 4.78 is 78.0. The lowest BCUT2D eigenvalue weighted by Gasteiger charge is -2.17. The molecule has 2 rings (SSSR count). The molecule has 0 saturated carbocycles. The van der Waals surface area contributed by atoms with Gasteiger partial charge < -0.3 is 5.73 Å². The van der Waals surface area contributed by atoms with Gasteiger partial charge in [-0.3, -0.25) is 0 Å². The summed E-state index contributed by atoms with van der Waals surface area (Å²) in [5.41, 5.74) is 3.49. The van der Waals surface area contributed by atoms with Crippen LogP contribution in [0.1, 0.15) is 22.7 Å². The molecule has 7 heteroatoms. The van der Waals surface area contributed by atoms with Gasteiger partial charge in [0.05, 0.1) is 11.6 Å². The zero-order chi connectivity index (χ0) is 15.8. The molecule has 1 unspecified atom stereocenters. The lowest BCUT2D eigenvalue weighted by Crippen LogP contribution is -2.17. The molecule has 2 N–H and O–H groups in total. The van der Waals surface area contributed by atoms with E-state index in [1.807, 2.05) is 0 Å². The van der Waals surface area contributed by atoms with Crippen molar-refractivity contribution in [3.8, 4) is 0 Å². The van der Waals surface area contributed by atoms with Crippen LogP contribution in [0.5, 0.6) is 0 Å². The van der Waals surface area contributed by atoms with Gasteiger partial charge in [0.1, 0.15) is 17.5 Å². The van der Waals surface area contributed by atoms with Gasteiger partial charge in [-0.15, -0.1) is 0 Å². The molecule has 0 aliphatic rings. The number of halogens is 6. The maximum Gasteiger partial charge on any atom is 0.419 e. The van der Waals surface area contributed by atoms with Crippen LogP contribution < -0.4 is 5.73 Å². The van der Waals surface area contributed by atoms with Crippen molar-refractivity contribution in [1.82, 2.24) is 0 Å². The standard InChI is InChI=1S/C14H9F6N/c15-8-4-7(5-9(16)6-8)13(21)10-2-1-3-11(12(10)17)14(18,19)20/h1-6,13H,21H2. The quantitative estimate of drug-likeness (QED) is 0.828. The molecule has 0 radical (unpaired) electrons. The molecule has 0 fully saturated rings. The van der Waals surface area contributed by atoms with Gasteiger partial charge in [-0.25, -0.2) is 13.2 Å². The lowest BCUT2D eigenvalue weighted by atomic mass is 9.97. The van der Waals surface area contributed by atoms with Crippen LogP contribution in [0.4, 0.5) is 26.3 Å². The molecule has 0 saturated heterocycles. The fourth-order valence-corrected chi connectivity index (χ4v) is 1.94. The topological polar surface area (TPSA) is 26.0 Å². The second-order valence-corrected chi connectivity index (χ2v) is 4.39. The van der Waals surface area contributed by atoms with E-state index in [4.69, 9.17) is 5.73 Å². The highest BCUT2D eigenvalue weighted by molar-refractivity contribution is 5.36. The monoisotopic (exact) mass is 305 g/mol. The lowest BCUT2D eigenvalue weighted by molar-refractivity contribution is -0.140. The summed E-state index contributed by atoms with van der Waals surface area (Å²) in [6.45, 7) is 0. The summed E-state index contributed by atoms with van der Waals surface area (Å²) in [4.78, 5) is 0. The van der Waals surface area contributed by atoms with Crippen LogP contribution in [-0.4, -0.2) is 0 Å². The predicted molar refractivity (Wildman–Crippen MR) is 63.8 cm³/mol. The Kier molecular flexibility index (Phi) is 3.95. The van der Waals surface area contributed by atoms with Crippen molar-refractivity contribution in [2.45, 2.75) is 12.2 Å². The molecule has 112 valence electrons. The van der Waals surface area contributed by atoms with Crippen LogP contribution in [-0.2, 0) is 6.18 Å². The number of benzene rings is 2. The summed E-state index contributed by atoms with van der Waals surface area (Å²) in [6.07, 6.45) is -4.88. The Labute approximate surface area is 116 Å². The summed E-state index contributed by atoms with van der Waals surface area (Å²) in [5, 5.41) is 0. The SMILES string of the molecule is NC(c1cc(F)cc(F)c1)c1cccc(C(F)(F)F)c1F. The van der Waals surface area contributed by atoms with E-state index in [9.17, 15) is 26.3 Å². The van der Waals surface area contributed by atoms with Gasteiger partial charge in [0.25, 0.3) is 0 Å². The van der Waals surface area contributed by atoms with E-state index in [2.05, 4.69) is 0 Å². The van der Waals surface area contributed by atoms with Gasteiger partial charge in [-0.05, 0) is 23.8 Å². The Morgan fingerprint density at radius 1 is 0.905 bits per heavy atom. The maximum atomic E-state index is 13.9. The first kappa shape index (κ1) is 15.4. The van der Waals surface area contributed by atoms with Crippen molar-refractivity contribution in [2.24, 2.45) is 5.73 Å². The minimum Gasteiger partial charge on any atom is -0.320 e. The number of hydrogen-bond acceptors (Lipinski definition) is 1. The number of nitrogens with two attached hydrogens (primary N) is 1. The van der Waals surface area contributed by atoms with Crippen LogP contribution in [0.2, 0.25) is 0 Å². The Morgan fingerprint density at radius 2 is 1.48 bits per heavy atom. The van der Waals surface area contributed by atoms with Crippen molar-refractivity contribution in [3.63, 3.8) is 0 Å². The fourth-order valence-electron chi connectivity index (χ4n) is 1.94. The van der Waals surface area contributed by atoms with Crippen LogP contribution in [0.3, 0.4) is 0 Å². The second kappa shape index (κ2) is 5.40. The first-order chi connectivity index (χ1) is 9.70. The first-order valence-corrected chi connectivity index (χ1v) is 5.77. The number of hydrogen-bond donors (Lipinski definition) is 1. The molecule has 0 aliphatic heterocycles. The van der Waals surface area contributed by atoms with Gasteiger partial charge in [-0.1, -0.05) is 12.1 Å². The van der Waals surface area contributed by atoms with Crippen LogP contribution in [0, 0.1) is 17.5 Å². The molecule has 2 aromatic carbocycles. The largest absolute Gasteiger partial charge is 0.419 e. The van der Waals surface area contributed by atoms with Crippen LogP contribution in [0.25, 0.3) is 0 Å². The van der Waals surface area contributed by atoms with Gasteiger partial charge in [0.2, 0.25) is 0 Å². The van der Waals surface area contributed by atoms with Gasteiger partial charge in [0.15, 0.2) is 0 Å². The van der Waals surface area contributed by atoms with Crippen molar-refractivity contribution in [2.75, 3.05) is 0 Å². The Bertz CT molecular complexity index is 645. The van der Waals surface area contributed by atoms with E-state index in [1.165, 1.54) is 0 Å². The fraction of sp³-hybridized carbons (Fsp3) is 0.143. The zero-order valence-corrected chi connectivity index (χ0v) is 10.4. The van der Waals surface area contributed by atoms with Crippen LogP contribution >= 0.6 is 0 Å². The van der Waals surface area contributed by atoms with E-state index < -0.39 is 40.8 Å². The Balaban J connectivity index is 2.51. The van der Waals surface area contributed by atoms with E-state index in [0.717, 1.165) is 24.3 Å². The average Bonchev–Trinajstić information content (AvgIpc) is 2.35. The molecule has 0 aliphatic carbocycles. The molecule has 21 heavy (non-hydrogen) atoms. The Morgan fingerprint density at radius 3 is 2.00 bits per heavy atom. The molecular weight excluding hydrogens is 296 g/mol. The third-order valence-electron chi connectivity index (χ3n) is 2.91. The van der Waals surface area contributed by atoms with E-state index in [0.29, 0.717) is 12.1 Å². The van der Waals surface area contributed by atoms with Crippen molar-refractivity contribution >= 4 is 0 Å². The van der Waals surface area contributed by atoms with E-state index in [1.54, 1.807) is 0 Å². The predicted octanol–water partition coefficient (Wildman–Crippen LogP) is 4.17. The maximum absolute atomic E-state index is 13.9. The highest BCUT2D eigenvalue weighted by Gasteiger charge is 2.35. The Hall–Kier alpha value is -2.02. The van der Waals surface area contributed by atoms with Gasteiger partial charge >= 0.3 is 6.18 Å². The third-order valence-corrected chi connectivity index (χ3v) is 2.91. The second-order valence-electron chi connectivity index (χ2n) is 4.39. The highest BCUT2D eigenvalue weighted by Crippen LogP contribution is 2.34. The molecule has 0 aromatic heterocycles. The number of alkyl halides is 3. The smallest absolute Gasteiger partial charge is 0.320 e. The minimum absolute atomic E-state index is 0.161. The normalized spacial score (nSPS) is 13.3. The minimum atomic E-state index is -4.88. The molecule has 0 heterocycles. The van der Waals surface area contributed by atoms with Gasteiger partial charge in [-0.2, -0.15) is 13.2 Å². The first-order valence-electron chi connectivity index (χ1n) is 5.77. The molecule has 1 nitrogen and oxygen atoms in total. The summed E-state index contributed by atoms with van der Waals surface area (Å²) >= 11 is 0. The zero-order valence-electron chi connectivity index (χ0n) is 10.4. The summed E-state index contributed by atoms with van der Waals surface area (Å²) in [5.74, 6) is -3.46. The molecule has 0 amide bonds. The van der Waals surface area contributed by atoms with E-state index in [-0.39, 0.29) is 5.56 Å². The average molecular weight is 305 g/mol. The van der Waals surface area contributed by atoms with Gasteiger partial charge in [0, 0.05) is 11.6 Å². The number of rotatable bonds is 2. The molecular formula is C14H9F6N. The van der Waals surface area contributed by atoms with Crippen molar-refractivity contribution in [3.05, 3.63) is 70.5 Å². The molecule has 2 aromatic rings. The molecule has 0 bridgehead atoms. The third kappa shape index (κ3) is 3.18. The van der Waals surface area contributed by atoms with Crippen LogP contribution in [0.15, 0.2) is 36.4 Å². The summed E-state index contributed by atoms with van der Waals surface area (Å²) in [7, 11) is 0. The molecule has 0 spiro atoms. The summed E-state index contributed by atoms with van der Waals surface area (Å²) in [6, 6.07) is 3.43. The van der Waals surface area contributed by atoms with Crippen molar-refractivity contribution < 1.29 is 26.3 Å². The van der Waals surface area contributed by atoms with Crippen molar-refractivity contribution in [1.29, 1.82) is 0 Å². The molecule has 1 atom stereocenters. The highest BCUT2D eigenvalue weighted by atomic mass is 19.4.